The molecule has 1 atom stereocenters. The summed E-state index contributed by atoms with van der Waals surface area (Å²) >= 11 is 5.85. The van der Waals surface area contributed by atoms with Gasteiger partial charge in [0.05, 0.1) is 12.6 Å². The second-order valence-electron chi connectivity index (χ2n) is 4.26. The SMILES string of the molecule is CCCc1nn(CC(O)c2cccc(Cl)c2)c(=O)o1. The summed E-state index contributed by atoms with van der Waals surface area (Å²) in [5.74, 6) is -0.157. The topological polar surface area (TPSA) is 68.3 Å². The Labute approximate surface area is 115 Å². The molecule has 0 aliphatic carbocycles. The normalized spacial score (nSPS) is 12.6. The summed E-state index contributed by atoms with van der Waals surface area (Å²) in [4.78, 5) is 11.5. The fraction of sp³-hybridized carbons (Fsp3) is 0.385. The van der Waals surface area contributed by atoms with Crippen LogP contribution in [-0.4, -0.2) is 14.9 Å². The van der Waals surface area contributed by atoms with Crippen LogP contribution in [0.15, 0.2) is 33.5 Å². The van der Waals surface area contributed by atoms with E-state index in [1.165, 1.54) is 0 Å². The highest BCUT2D eigenvalue weighted by Gasteiger charge is 2.14. The number of halogens is 1. The molecule has 102 valence electrons. The van der Waals surface area contributed by atoms with E-state index in [4.69, 9.17) is 16.0 Å². The molecule has 6 heteroatoms. The highest BCUT2D eigenvalue weighted by Crippen LogP contribution is 2.18. The van der Waals surface area contributed by atoms with Crippen LogP contribution < -0.4 is 5.76 Å². The number of aliphatic hydroxyl groups excluding tert-OH is 1. The molecule has 1 N–H and O–H groups in total. The second kappa shape index (κ2) is 6.04. The predicted octanol–water partition coefficient (Wildman–Crippen LogP) is 2.18. The van der Waals surface area contributed by atoms with Crippen LogP contribution in [0.5, 0.6) is 0 Å². The van der Waals surface area contributed by atoms with Gasteiger partial charge in [-0.2, -0.15) is 4.68 Å². The van der Waals surface area contributed by atoms with Crippen LogP contribution in [-0.2, 0) is 13.0 Å². The van der Waals surface area contributed by atoms with E-state index >= 15 is 0 Å². The first-order valence-electron chi connectivity index (χ1n) is 6.10. The van der Waals surface area contributed by atoms with Crippen molar-refractivity contribution < 1.29 is 9.52 Å². The maximum absolute atomic E-state index is 11.5. The Morgan fingerprint density at radius 2 is 2.32 bits per heavy atom. The number of rotatable bonds is 5. The molecule has 2 aromatic rings. The number of hydrogen-bond donors (Lipinski definition) is 1. The van der Waals surface area contributed by atoms with E-state index < -0.39 is 11.9 Å². The zero-order valence-electron chi connectivity index (χ0n) is 10.5. The lowest BCUT2D eigenvalue weighted by atomic mass is 10.1. The summed E-state index contributed by atoms with van der Waals surface area (Å²) in [5.41, 5.74) is 0.638. The van der Waals surface area contributed by atoms with Gasteiger partial charge in [0.1, 0.15) is 0 Å². The lowest BCUT2D eigenvalue weighted by molar-refractivity contribution is 0.148. The van der Waals surface area contributed by atoms with Gasteiger partial charge in [-0.3, -0.25) is 0 Å². The molecule has 0 aliphatic rings. The minimum absolute atomic E-state index is 0.0480. The third-order valence-electron chi connectivity index (χ3n) is 2.69. The lowest BCUT2D eigenvalue weighted by Crippen LogP contribution is -2.20. The summed E-state index contributed by atoms with van der Waals surface area (Å²) in [7, 11) is 0. The van der Waals surface area contributed by atoms with Gasteiger partial charge in [0.2, 0.25) is 5.89 Å². The number of aliphatic hydroxyl groups is 1. The molecule has 1 heterocycles. The van der Waals surface area contributed by atoms with Crippen molar-refractivity contribution in [3.05, 3.63) is 51.3 Å². The van der Waals surface area contributed by atoms with Crippen LogP contribution in [0.3, 0.4) is 0 Å². The van der Waals surface area contributed by atoms with Crippen LogP contribution in [0.1, 0.15) is 30.9 Å². The Kier molecular flexibility index (Phi) is 4.39. The van der Waals surface area contributed by atoms with E-state index in [2.05, 4.69) is 5.10 Å². The molecule has 1 aromatic heterocycles. The Hall–Kier alpha value is -1.59. The third-order valence-corrected chi connectivity index (χ3v) is 2.93. The summed E-state index contributed by atoms with van der Waals surface area (Å²) in [5, 5.41) is 14.6. The average Bonchev–Trinajstić information content (AvgIpc) is 2.70. The first-order valence-corrected chi connectivity index (χ1v) is 6.48. The minimum Gasteiger partial charge on any atom is -0.392 e. The van der Waals surface area contributed by atoms with Crippen molar-refractivity contribution in [1.82, 2.24) is 9.78 Å². The van der Waals surface area contributed by atoms with Gasteiger partial charge in [-0.05, 0) is 24.1 Å². The minimum atomic E-state index is -0.851. The van der Waals surface area contributed by atoms with Gasteiger partial charge in [0.15, 0.2) is 0 Å². The maximum Gasteiger partial charge on any atom is 0.437 e. The maximum atomic E-state index is 11.5. The molecule has 1 unspecified atom stereocenters. The molecule has 5 nitrogen and oxygen atoms in total. The van der Waals surface area contributed by atoms with Crippen LogP contribution in [0.25, 0.3) is 0 Å². The Balaban J connectivity index is 2.14. The molecule has 0 aliphatic heterocycles. The zero-order chi connectivity index (χ0) is 13.8. The molecule has 0 amide bonds. The van der Waals surface area contributed by atoms with Crippen LogP contribution in [0.4, 0.5) is 0 Å². The van der Waals surface area contributed by atoms with Gasteiger partial charge in [-0.15, -0.1) is 5.10 Å². The number of aryl methyl sites for hydroxylation is 1. The van der Waals surface area contributed by atoms with Crippen LogP contribution in [0, 0.1) is 0 Å². The van der Waals surface area contributed by atoms with Crippen molar-refractivity contribution in [1.29, 1.82) is 0 Å². The number of benzene rings is 1. The van der Waals surface area contributed by atoms with Gasteiger partial charge >= 0.3 is 5.76 Å². The smallest absolute Gasteiger partial charge is 0.392 e. The van der Waals surface area contributed by atoms with Crippen molar-refractivity contribution in [2.45, 2.75) is 32.4 Å². The predicted molar refractivity (Wildman–Crippen MR) is 71.2 cm³/mol. The zero-order valence-corrected chi connectivity index (χ0v) is 11.3. The molecule has 0 radical (unpaired) electrons. The van der Waals surface area contributed by atoms with E-state index in [1.807, 2.05) is 6.92 Å². The summed E-state index contributed by atoms with van der Waals surface area (Å²) in [6.07, 6.45) is 0.600. The molecule has 0 spiro atoms. The van der Waals surface area contributed by atoms with E-state index in [0.717, 1.165) is 11.1 Å². The summed E-state index contributed by atoms with van der Waals surface area (Å²) in [6, 6.07) is 6.87. The highest BCUT2D eigenvalue weighted by molar-refractivity contribution is 6.30. The lowest BCUT2D eigenvalue weighted by Gasteiger charge is -2.09. The largest absolute Gasteiger partial charge is 0.437 e. The summed E-state index contributed by atoms with van der Waals surface area (Å²) < 4.78 is 6.11. The van der Waals surface area contributed by atoms with E-state index in [1.54, 1.807) is 24.3 Å². The fourth-order valence-electron chi connectivity index (χ4n) is 1.76. The van der Waals surface area contributed by atoms with Gasteiger partial charge in [-0.25, -0.2) is 4.79 Å². The molecule has 0 saturated carbocycles. The summed E-state index contributed by atoms with van der Waals surface area (Å²) in [6.45, 7) is 2.02. The molecule has 1 aromatic carbocycles. The van der Waals surface area contributed by atoms with Gasteiger partial charge in [-0.1, -0.05) is 30.7 Å². The second-order valence-corrected chi connectivity index (χ2v) is 4.70. The van der Waals surface area contributed by atoms with Gasteiger partial charge in [0, 0.05) is 11.4 Å². The standard InChI is InChI=1S/C13H15ClN2O3/c1-2-4-12-15-16(13(18)19-12)8-11(17)9-5-3-6-10(14)7-9/h3,5-7,11,17H,2,4,8H2,1H3. The van der Waals surface area contributed by atoms with E-state index in [-0.39, 0.29) is 6.54 Å². The molecular weight excluding hydrogens is 268 g/mol. The molecule has 0 saturated heterocycles. The monoisotopic (exact) mass is 282 g/mol. The Morgan fingerprint density at radius 3 is 3.00 bits per heavy atom. The van der Waals surface area contributed by atoms with Crippen molar-refractivity contribution in [2.24, 2.45) is 0 Å². The highest BCUT2D eigenvalue weighted by atomic mass is 35.5. The Bertz CT molecular complexity index is 606. The Morgan fingerprint density at radius 1 is 1.53 bits per heavy atom. The van der Waals surface area contributed by atoms with E-state index in [0.29, 0.717) is 22.9 Å². The fourth-order valence-corrected chi connectivity index (χ4v) is 1.96. The molecule has 0 fully saturated rings. The van der Waals surface area contributed by atoms with Crippen molar-refractivity contribution in [2.75, 3.05) is 0 Å². The van der Waals surface area contributed by atoms with Gasteiger partial charge in [0.25, 0.3) is 0 Å². The third kappa shape index (κ3) is 3.45. The first kappa shape index (κ1) is 13.8. The molecule has 2 rings (SSSR count). The van der Waals surface area contributed by atoms with Crippen molar-refractivity contribution in [3.63, 3.8) is 0 Å². The van der Waals surface area contributed by atoms with Gasteiger partial charge < -0.3 is 9.52 Å². The molecular formula is C13H15ClN2O3. The number of hydrogen-bond acceptors (Lipinski definition) is 4. The first-order chi connectivity index (χ1) is 9.10. The van der Waals surface area contributed by atoms with Crippen molar-refractivity contribution in [3.8, 4) is 0 Å². The molecule has 0 bridgehead atoms. The van der Waals surface area contributed by atoms with E-state index in [9.17, 15) is 9.90 Å². The number of aromatic nitrogens is 2. The quantitative estimate of drug-likeness (QED) is 0.912. The van der Waals surface area contributed by atoms with Crippen LogP contribution >= 0.6 is 11.6 Å². The number of nitrogens with zero attached hydrogens (tertiary/aromatic N) is 2. The van der Waals surface area contributed by atoms with Crippen molar-refractivity contribution >= 4 is 11.6 Å². The molecule has 19 heavy (non-hydrogen) atoms. The van der Waals surface area contributed by atoms with Crippen LogP contribution in [0.2, 0.25) is 5.02 Å². The average molecular weight is 283 g/mol.